The number of anilines is 1. The standard InChI is InChI=1S/C14H20BrN3O/c1-9(2)8-18(10-6-7-10)12-5-3-4-11(15)13(12)14(16)17-19/h3-5,9-10,19H,6-8H2,1-2H3,(H2,16,17). The second-order valence-electron chi connectivity index (χ2n) is 5.40. The molecule has 0 bridgehead atoms. The fraction of sp³-hybridized carbons (Fsp3) is 0.500. The quantitative estimate of drug-likeness (QED) is 0.378. The Morgan fingerprint density at radius 1 is 1.53 bits per heavy atom. The van der Waals surface area contributed by atoms with Crippen molar-refractivity contribution in [1.82, 2.24) is 0 Å². The summed E-state index contributed by atoms with van der Waals surface area (Å²) in [5, 5.41) is 12.1. The Morgan fingerprint density at radius 3 is 2.74 bits per heavy atom. The molecular formula is C14H20BrN3O. The summed E-state index contributed by atoms with van der Waals surface area (Å²) in [7, 11) is 0. The highest BCUT2D eigenvalue weighted by Crippen LogP contribution is 2.36. The summed E-state index contributed by atoms with van der Waals surface area (Å²) in [6, 6.07) is 6.53. The molecule has 19 heavy (non-hydrogen) atoms. The first kappa shape index (κ1) is 14.2. The molecule has 104 valence electrons. The van der Waals surface area contributed by atoms with Gasteiger partial charge in [-0.15, -0.1) is 0 Å². The Balaban J connectivity index is 2.44. The van der Waals surface area contributed by atoms with Crippen LogP contribution >= 0.6 is 15.9 Å². The van der Waals surface area contributed by atoms with Crippen LogP contribution in [0.25, 0.3) is 0 Å². The summed E-state index contributed by atoms with van der Waals surface area (Å²) in [6.07, 6.45) is 2.43. The van der Waals surface area contributed by atoms with E-state index in [9.17, 15) is 0 Å². The SMILES string of the molecule is CC(C)CN(c1cccc(Br)c1/C(N)=N/O)C1CC1. The van der Waals surface area contributed by atoms with Crippen molar-refractivity contribution in [2.24, 2.45) is 16.8 Å². The predicted octanol–water partition coefficient (Wildman–Crippen LogP) is 3.17. The molecule has 0 aromatic heterocycles. The van der Waals surface area contributed by atoms with Crippen molar-refractivity contribution in [3.63, 3.8) is 0 Å². The van der Waals surface area contributed by atoms with E-state index < -0.39 is 0 Å². The third-order valence-electron chi connectivity index (χ3n) is 3.21. The Bertz CT molecular complexity index is 484. The van der Waals surface area contributed by atoms with Gasteiger partial charge in [0.25, 0.3) is 0 Å². The second-order valence-corrected chi connectivity index (χ2v) is 6.25. The summed E-state index contributed by atoms with van der Waals surface area (Å²) in [5.41, 5.74) is 7.65. The molecule has 1 aliphatic carbocycles. The van der Waals surface area contributed by atoms with Crippen LogP contribution in [0.15, 0.2) is 27.8 Å². The molecule has 1 aromatic rings. The summed E-state index contributed by atoms with van der Waals surface area (Å²) < 4.78 is 0.856. The van der Waals surface area contributed by atoms with E-state index in [1.165, 1.54) is 12.8 Å². The van der Waals surface area contributed by atoms with Crippen molar-refractivity contribution in [3.05, 3.63) is 28.2 Å². The molecule has 1 fully saturated rings. The molecule has 4 nitrogen and oxygen atoms in total. The van der Waals surface area contributed by atoms with E-state index in [1.807, 2.05) is 18.2 Å². The lowest BCUT2D eigenvalue weighted by molar-refractivity contribution is 0.318. The fourth-order valence-electron chi connectivity index (χ4n) is 2.28. The van der Waals surface area contributed by atoms with E-state index in [0.717, 1.165) is 22.3 Å². The van der Waals surface area contributed by atoms with Gasteiger partial charge in [-0.2, -0.15) is 0 Å². The number of halogens is 1. The van der Waals surface area contributed by atoms with E-state index in [1.54, 1.807) is 0 Å². The molecule has 0 atom stereocenters. The van der Waals surface area contributed by atoms with Crippen molar-refractivity contribution in [2.75, 3.05) is 11.4 Å². The molecule has 3 N–H and O–H groups in total. The van der Waals surface area contributed by atoms with Gasteiger partial charge in [-0.3, -0.25) is 0 Å². The normalized spacial score (nSPS) is 15.9. The zero-order valence-corrected chi connectivity index (χ0v) is 12.9. The average molecular weight is 326 g/mol. The highest BCUT2D eigenvalue weighted by molar-refractivity contribution is 9.10. The summed E-state index contributed by atoms with van der Waals surface area (Å²) in [6.45, 7) is 5.39. The Labute approximate surface area is 122 Å². The maximum absolute atomic E-state index is 8.98. The van der Waals surface area contributed by atoms with Crippen molar-refractivity contribution >= 4 is 27.5 Å². The molecule has 1 aliphatic rings. The number of oxime groups is 1. The number of rotatable bonds is 5. The molecule has 2 rings (SSSR count). The number of amidine groups is 1. The number of nitrogens with two attached hydrogens (primary N) is 1. The molecule has 1 saturated carbocycles. The molecule has 0 amide bonds. The lowest BCUT2D eigenvalue weighted by atomic mass is 10.1. The topological polar surface area (TPSA) is 61.8 Å². The number of nitrogens with zero attached hydrogens (tertiary/aromatic N) is 2. The maximum Gasteiger partial charge on any atom is 0.173 e. The smallest absolute Gasteiger partial charge is 0.173 e. The van der Waals surface area contributed by atoms with Crippen LogP contribution in [0.2, 0.25) is 0 Å². The van der Waals surface area contributed by atoms with Crippen LogP contribution in [0.3, 0.4) is 0 Å². The fourth-order valence-corrected chi connectivity index (χ4v) is 2.84. The van der Waals surface area contributed by atoms with Gasteiger partial charge in [-0.25, -0.2) is 0 Å². The van der Waals surface area contributed by atoms with E-state index in [-0.39, 0.29) is 5.84 Å². The molecular weight excluding hydrogens is 306 g/mol. The number of hydrogen-bond donors (Lipinski definition) is 2. The van der Waals surface area contributed by atoms with Crippen LogP contribution in [0.4, 0.5) is 5.69 Å². The average Bonchev–Trinajstić information content (AvgIpc) is 3.19. The van der Waals surface area contributed by atoms with Crippen molar-refractivity contribution in [1.29, 1.82) is 0 Å². The molecule has 0 unspecified atom stereocenters. The van der Waals surface area contributed by atoms with Crippen LogP contribution in [0.5, 0.6) is 0 Å². The molecule has 0 spiro atoms. The van der Waals surface area contributed by atoms with Crippen LogP contribution in [0, 0.1) is 5.92 Å². The van der Waals surface area contributed by atoms with Crippen molar-refractivity contribution < 1.29 is 5.21 Å². The first-order chi connectivity index (χ1) is 9.04. The van der Waals surface area contributed by atoms with Gasteiger partial charge in [-0.1, -0.05) is 25.1 Å². The van der Waals surface area contributed by atoms with Gasteiger partial charge in [-0.05, 0) is 46.8 Å². The highest BCUT2D eigenvalue weighted by Gasteiger charge is 2.31. The van der Waals surface area contributed by atoms with Gasteiger partial charge in [0.1, 0.15) is 0 Å². The summed E-state index contributed by atoms with van der Waals surface area (Å²) in [4.78, 5) is 2.38. The Hall–Kier alpha value is -1.23. The van der Waals surface area contributed by atoms with Gasteiger partial charge < -0.3 is 15.8 Å². The van der Waals surface area contributed by atoms with E-state index in [2.05, 4.69) is 39.8 Å². The monoisotopic (exact) mass is 325 g/mol. The van der Waals surface area contributed by atoms with Gasteiger partial charge >= 0.3 is 0 Å². The second kappa shape index (κ2) is 5.82. The zero-order valence-electron chi connectivity index (χ0n) is 11.3. The minimum absolute atomic E-state index is 0.150. The molecule has 5 heteroatoms. The van der Waals surface area contributed by atoms with E-state index in [4.69, 9.17) is 10.9 Å². The van der Waals surface area contributed by atoms with Gasteiger partial charge in [0.2, 0.25) is 0 Å². The number of benzene rings is 1. The molecule has 0 saturated heterocycles. The first-order valence-corrected chi connectivity index (χ1v) is 7.37. The number of hydrogen-bond acceptors (Lipinski definition) is 3. The first-order valence-electron chi connectivity index (χ1n) is 6.57. The van der Waals surface area contributed by atoms with Crippen LogP contribution < -0.4 is 10.6 Å². The van der Waals surface area contributed by atoms with E-state index >= 15 is 0 Å². The van der Waals surface area contributed by atoms with Crippen LogP contribution in [-0.4, -0.2) is 23.6 Å². The molecule has 0 aliphatic heterocycles. The van der Waals surface area contributed by atoms with Gasteiger partial charge in [0.15, 0.2) is 5.84 Å². The lowest BCUT2D eigenvalue weighted by Gasteiger charge is -2.29. The minimum atomic E-state index is 0.150. The third kappa shape index (κ3) is 3.21. The molecule has 0 heterocycles. The van der Waals surface area contributed by atoms with Gasteiger partial charge in [0, 0.05) is 22.7 Å². The van der Waals surface area contributed by atoms with Gasteiger partial charge in [0.05, 0.1) is 5.56 Å². The zero-order chi connectivity index (χ0) is 14.0. The molecule has 1 aromatic carbocycles. The maximum atomic E-state index is 8.98. The van der Waals surface area contributed by atoms with Crippen molar-refractivity contribution in [3.8, 4) is 0 Å². The summed E-state index contributed by atoms with van der Waals surface area (Å²) >= 11 is 3.49. The van der Waals surface area contributed by atoms with Crippen molar-refractivity contribution in [2.45, 2.75) is 32.7 Å². The van der Waals surface area contributed by atoms with Crippen LogP contribution in [0.1, 0.15) is 32.3 Å². The van der Waals surface area contributed by atoms with E-state index in [0.29, 0.717) is 12.0 Å². The Kier molecular flexibility index (Phi) is 4.34. The summed E-state index contributed by atoms with van der Waals surface area (Å²) in [5.74, 6) is 0.719. The lowest BCUT2D eigenvalue weighted by Crippen LogP contribution is -2.32. The third-order valence-corrected chi connectivity index (χ3v) is 3.88. The predicted molar refractivity (Wildman–Crippen MR) is 81.9 cm³/mol. The highest BCUT2D eigenvalue weighted by atomic mass is 79.9. The Morgan fingerprint density at radius 2 is 2.21 bits per heavy atom. The molecule has 0 radical (unpaired) electrons. The minimum Gasteiger partial charge on any atom is -0.409 e. The van der Waals surface area contributed by atoms with Crippen LogP contribution in [-0.2, 0) is 0 Å². The largest absolute Gasteiger partial charge is 0.409 e.